The lowest BCUT2D eigenvalue weighted by Gasteiger charge is -2.36. The van der Waals surface area contributed by atoms with Gasteiger partial charge in [0, 0.05) is 100.0 Å². The molecule has 0 saturated carbocycles. The molecule has 0 saturated heterocycles. The third-order valence-electron chi connectivity index (χ3n) is 23.7. The van der Waals surface area contributed by atoms with E-state index in [0.717, 1.165) is 0 Å². The number of amides is 14. The second-order valence-electron chi connectivity index (χ2n) is 41.8. The van der Waals surface area contributed by atoms with Gasteiger partial charge in [0.05, 0.1) is 56.2 Å². The highest BCUT2D eigenvalue weighted by Crippen LogP contribution is 2.39. The molecule has 0 atom stereocenters. The van der Waals surface area contributed by atoms with Gasteiger partial charge in [-0.2, -0.15) is 0 Å². The number of carbonyl (C=O) groups is 14. The second-order valence-corrected chi connectivity index (χ2v) is 41.8. The summed E-state index contributed by atoms with van der Waals surface area (Å²) in [6.45, 7) is 40.9. The van der Waals surface area contributed by atoms with E-state index in [2.05, 4.69) is 74.4 Å². The van der Waals surface area contributed by atoms with Crippen LogP contribution in [0.25, 0.3) is 22.1 Å². The fourth-order valence-electron chi connectivity index (χ4n) is 17.9. The van der Waals surface area contributed by atoms with Crippen molar-refractivity contribution in [2.45, 2.75) is 366 Å². The number of rotatable bonds is 28. The van der Waals surface area contributed by atoms with Crippen LogP contribution >= 0.6 is 0 Å². The minimum atomic E-state index is -1.53. The standard InChI is InChI=1S/C106H146N16O20/c1-25-63-69-55-107-93(131)115-77-37-35-61(91(129)121-105(45-39-85(123)137-99(7,8)9,46-40-86(124)138-100(10,11)12)47-41-87(125)139-101(13,14)15)51-79(77)117-95(133)109-57-71-66(28-4)72-58-110-96(134)118-80-52-62(92(130)122-106(48-42-88(126)140-102(16,17)18,49-43-89(127)141-103(19,20)21)50-44-90(128)142-104(22,23)24)36-38-78(80)116-94(132)108-56-70(63)65(27-3)73(64(69)26-2)59-111-97(135)119-83-53-81-82(114-76-34-32-31-33-75(76)113-81)54-84(83)120-98(136)112-60-74(67(71)29-5)68(72)30-6/h31-38,51-54H,25-30,39-50,55-60H2,1-24H3,(H,121,129)(H,122,130)(H2,107,115,131)(H2,108,116,132)(H2,109,117,133)(H2,110,118,134)(H2,111,119,135)(H2,112,120,136). The normalized spacial score (nSPS) is 14.1. The van der Waals surface area contributed by atoms with E-state index in [-0.39, 0.29) is 181 Å². The summed E-state index contributed by atoms with van der Waals surface area (Å²) in [6.07, 6.45) is -0.788. The molecule has 36 nitrogen and oxygen atoms in total. The number of urea groups is 6. The van der Waals surface area contributed by atoms with Crippen molar-refractivity contribution < 1.29 is 95.5 Å². The first kappa shape index (κ1) is 112. The van der Waals surface area contributed by atoms with Crippen molar-refractivity contribution in [2.24, 2.45) is 0 Å². The summed E-state index contributed by atoms with van der Waals surface area (Å²) in [6, 6.07) is 14.0. The van der Waals surface area contributed by atoms with Crippen molar-refractivity contribution in [3.05, 3.63) is 151 Å². The van der Waals surface area contributed by atoms with Crippen LogP contribution in [0, 0.1) is 0 Å². The molecular formula is C106H146N16O20. The van der Waals surface area contributed by atoms with Gasteiger partial charge in [-0.25, -0.2) is 38.7 Å². The van der Waals surface area contributed by atoms with Crippen LogP contribution in [0.3, 0.4) is 0 Å². The zero-order valence-corrected chi connectivity index (χ0v) is 87.0. The first-order valence-electron chi connectivity index (χ1n) is 49.0. The Hall–Kier alpha value is -13.7. The number of benzene rings is 6. The van der Waals surface area contributed by atoms with Crippen LogP contribution in [-0.4, -0.2) is 138 Å². The average Bonchev–Trinajstić information content (AvgIpc) is 0.773. The zero-order valence-electron chi connectivity index (χ0n) is 87.0. The Morgan fingerprint density at radius 3 is 0.648 bits per heavy atom. The van der Waals surface area contributed by atoms with Gasteiger partial charge < -0.3 is 103 Å². The van der Waals surface area contributed by atoms with Crippen molar-refractivity contribution in [1.29, 1.82) is 0 Å². The van der Waals surface area contributed by atoms with Gasteiger partial charge in [0.15, 0.2) is 0 Å². The smallest absolute Gasteiger partial charge is 0.319 e. The number of carbonyl (C=O) groups excluding carboxylic acids is 14. The number of hydrogen-bond donors (Lipinski definition) is 14. The van der Waals surface area contributed by atoms with Crippen molar-refractivity contribution in [2.75, 3.05) is 31.9 Å². The van der Waals surface area contributed by atoms with Crippen LogP contribution in [0.1, 0.15) is 331 Å². The van der Waals surface area contributed by atoms with Gasteiger partial charge in [-0.3, -0.25) is 38.4 Å². The van der Waals surface area contributed by atoms with Gasteiger partial charge in [0.2, 0.25) is 0 Å². The molecule has 3 aliphatic heterocycles. The molecule has 10 rings (SSSR count). The summed E-state index contributed by atoms with van der Waals surface area (Å²) < 4.78 is 34.5. The Bertz CT molecular complexity index is 5480. The van der Waals surface area contributed by atoms with Crippen LogP contribution in [0.2, 0.25) is 0 Å². The molecule has 7 aromatic rings. The van der Waals surface area contributed by atoms with E-state index in [1.165, 1.54) is 36.4 Å². The molecule has 14 amide bonds. The molecule has 1 aromatic heterocycles. The molecule has 6 bridgehead atoms. The molecule has 0 radical (unpaired) electrons. The Morgan fingerprint density at radius 2 is 0.458 bits per heavy atom. The van der Waals surface area contributed by atoms with Crippen molar-refractivity contribution >= 4 is 140 Å². The van der Waals surface area contributed by atoms with Crippen LogP contribution < -0.4 is 74.4 Å². The Labute approximate surface area is 832 Å². The van der Waals surface area contributed by atoms with Gasteiger partial charge >= 0.3 is 72.0 Å². The number of aromatic nitrogens is 2. The monoisotopic (exact) mass is 1960 g/mol. The Morgan fingerprint density at radius 1 is 0.268 bits per heavy atom. The molecule has 0 fully saturated rings. The highest BCUT2D eigenvalue weighted by Gasteiger charge is 2.40. The highest BCUT2D eigenvalue weighted by atomic mass is 16.6. The summed E-state index contributed by atoms with van der Waals surface area (Å²) in [4.78, 5) is 215. The summed E-state index contributed by atoms with van der Waals surface area (Å²) in [5.74, 6) is -5.34. The first-order valence-corrected chi connectivity index (χ1v) is 49.0. The number of ether oxygens (including phenoxy) is 6. The third-order valence-corrected chi connectivity index (χ3v) is 23.7. The number of esters is 6. The van der Waals surface area contributed by atoms with Crippen LogP contribution in [0.5, 0.6) is 0 Å². The maximum Gasteiger partial charge on any atom is 0.319 e. The predicted molar refractivity (Wildman–Crippen MR) is 545 cm³/mol. The van der Waals surface area contributed by atoms with E-state index in [1.807, 2.05) is 53.7 Å². The lowest BCUT2D eigenvalue weighted by atomic mass is 9.83. The average molecular weight is 1960 g/mol. The Kier molecular flexibility index (Phi) is 37.6. The minimum Gasteiger partial charge on any atom is -0.460 e. The van der Waals surface area contributed by atoms with Gasteiger partial charge in [-0.15, -0.1) is 0 Å². The van der Waals surface area contributed by atoms with Crippen molar-refractivity contribution in [1.82, 2.24) is 52.5 Å². The number of hydrogen-bond acceptors (Lipinski definition) is 22. The number of fused-ring (bicyclic) bond motifs is 20. The maximum atomic E-state index is 15.5. The van der Waals surface area contributed by atoms with E-state index in [4.69, 9.17) is 38.4 Å². The topological polar surface area (TPSA) is 489 Å². The van der Waals surface area contributed by atoms with E-state index < -0.39 is 129 Å². The van der Waals surface area contributed by atoms with Crippen LogP contribution in [-0.2, 0) is 135 Å². The highest BCUT2D eigenvalue weighted by molar-refractivity contribution is 6.06. The van der Waals surface area contributed by atoms with Gasteiger partial charge in [0.1, 0.15) is 33.6 Å². The molecular weight excluding hydrogens is 1820 g/mol. The molecule has 6 aromatic carbocycles. The SMILES string of the molecule is CCc1c2c(CC)c3c(CC)c1CNC(=O)Nc1ccc(C(=O)NC(CCC(=O)OC(C)(C)C)(CCC(=O)OC(C)(C)C)CCC(=O)OC(C)(C)C)cc1NC(=O)NCc1c(CC)c(c(CC)c(c1CC)CNC(=O)Nc1cc4nc5ccccc5nc4cc1NC(=O)NC3)CNC(=O)Nc1cc(C(=O)NC(CCC(=O)OC(C)(C)C)(CCC(=O)OC(C)(C)C)CCC(=O)OC(C)(C)C)ccc1NC(=O)NC2. The third kappa shape index (κ3) is 33.0. The molecule has 0 aliphatic carbocycles. The molecule has 36 heteroatoms. The van der Waals surface area contributed by atoms with E-state index in [1.54, 1.807) is 149 Å². The summed E-state index contributed by atoms with van der Waals surface area (Å²) in [5.41, 5.74) is 0.784. The first-order chi connectivity index (χ1) is 66.4. The number of para-hydroxylation sites is 2. The summed E-state index contributed by atoms with van der Waals surface area (Å²) in [5, 5.41) is 42.2. The molecule has 4 heterocycles. The molecule has 0 unspecified atom stereocenters. The number of anilines is 6. The van der Waals surface area contributed by atoms with Crippen molar-refractivity contribution in [3.63, 3.8) is 0 Å². The quantitative estimate of drug-likeness (QED) is 0.0123. The lowest BCUT2D eigenvalue weighted by molar-refractivity contribution is -0.158. The fourth-order valence-corrected chi connectivity index (χ4v) is 17.9. The van der Waals surface area contributed by atoms with Crippen LogP contribution in [0.4, 0.5) is 62.9 Å². The molecule has 3 aliphatic rings. The molecule has 14 N–H and O–H groups in total. The zero-order chi connectivity index (χ0) is 105. The molecule has 770 valence electrons. The minimum absolute atomic E-state index is 0.0174. The molecule has 142 heavy (non-hydrogen) atoms. The van der Waals surface area contributed by atoms with Crippen molar-refractivity contribution in [3.8, 4) is 0 Å². The van der Waals surface area contributed by atoms with Gasteiger partial charge in [-0.05, 0) is 329 Å². The van der Waals surface area contributed by atoms with E-state index >= 15 is 38.4 Å². The van der Waals surface area contributed by atoms with Gasteiger partial charge in [0.25, 0.3) is 11.8 Å². The lowest BCUT2D eigenvalue weighted by Crippen LogP contribution is -2.50. The second kappa shape index (κ2) is 47.7. The Balaban J connectivity index is 1.26. The fraction of sp³-hybridized carbons (Fsp3) is 0.528. The summed E-state index contributed by atoms with van der Waals surface area (Å²) >= 11 is 0. The van der Waals surface area contributed by atoms with Crippen LogP contribution in [0.15, 0.2) is 72.8 Å². The number of nitrogens with zero attached hydrogens (tertiary/aromatic N) is 2. The predicted octanol–water partition coefficient (Wildman–Crippen LogP) is 18.4. The van der Waals surface area contributed by atoms with E-state index in [9.17, 15) is 28.8 Å². The molecule has 0 spiro atoms. The van der Waals surface area contributed by atoms with Gasteiger partial charge in [-0.1, -0.05) is 53.7 Å². The van der Waals surface area contributed by atoms with E-state index in [0.29, 0.717) is 108 Å². The number of nitrogens with one attached hydrogen (secondary N) is 14. The maximum absolute atomic E-state index is 15.5. The summed E-state index contributed by atoms with van der Waals surface area (Å²) in [7, 11) is 0. The largest absolute Gasteiger partial charge is 0.460 e.